The van der Waals surface area contributed by atoms with Gasteiger partial charge in [0, 0.05) is 17.0 Å². The first-order valence-electron chi connectivity index (χ1n) is 14.1. The molecule has 1 saturated carbocycles. The molecule has 1 aliphatic carbocycles. The van der Waals surface area contributed by atoms with Crippen LogP contribution in [0, 0.1) is 18.4 Å². The van der Waals surface area contributed by atoms with Gasteiger partial charge >= 0.3 is 5.97 Å². The second-order valence-corrected chi connectivity index (χ2v) is 17.5. The molecule has 216 valence electrons. The molecular weight excluding hydrogens is 551 g/mol. The third-order valence-electron chi connectivity index (χ3n) is 6.95. The number of hydrogen-bond donors (Lipinski definition) is 0. The van der Waals surface area contributed by atoms with E-state index in [0.29, 0.717) is 24.5 Å². The molecule has 1 fully saturated rings. The van der Waals surface area contributed by atoms with Crippen LogP contribution in [0.1, 0.15) is 63.4 Å². The predicted octanol–water partition coefficient (Wildman–Crippen LogP) is 5.95. The fourth-order valence-electron chi connectivity index (χ4n) is 4.65. The summed E-state index contributed by atoms with van der Waals surface area (Å²) in [5, 5.41) is 0.723. The van der Waals surface area contributed by atoms with Gasteiger partial charge in [-0.2, -0.15) is 0 Å². The number of nitrogens with zero attached hydrogens (tertiary/aromatic N) is 3. The second kappa shape index (κ2) is 13.0. The number of carbonyl (C=O) groups excluding carboxylic acids is 2. The number of rotatable bonds is 11. The van der Waals surface area contributed by atoms with Crippen LogP contribution in [0.3, 0.4) is 0 Å². The molecule has 0 radical (unpaired) electrons. The summed E-state index contributed by atoms with van der Waals surface area (Å²) in [6.45, 7) is 11.5. The molecule has 1 aromatic carbocycles. The van der Waals surface area contributed by atoms with Crippen molar-refractivity contribution in [1.82, 2.24) is 14.9 Å². The first-order valence-corrected chi connectivity index (χ1v) is 18.4. The van der Waals surface area contributed by atoms with Crippen molar-refractivity contribution < 1.29 is 19.1 Å². The van der Waals surface area contributed by atoms with Gasteiger partial charge in [-0.05, 0) is 69.4 Å². The van der Waals surface area contributed by atoms with Gasteiger partial charge in [-0.3, -0.25) is 9.78 Å². The fraction of sp³-hybridized carbons (Fsp3) is 0.438. The van der Waals surface area contributed by atoms with E-state index in [4.69, 9.17) is 9.47 Å². The second-order valence-electron chi connectivity index (χ2n) is 11.4. The van der Waals surface area contributed by atoms with Gasteiger partial charge in [0.05, 0.1) is 37.6 Å². The van der Waals surface area contributed by atoms with Crippen LogP contribution in [0.15, 0.2) is 42.6 Å². The van der Waals surface area contributed by atoms with Crippen molar-refractivity contribution >= 4 is 31.3 Å². The minimum Gasteiger partial charge on any atom is -0.495 e. The standard InChI is InChI=1S/C32H39N3O4SSi/c1-7-39-30(36)29-23(2)40-28(34-29)22-35(31(37)32(16-17-32)27-14-13-26(38-3)21-33-27)18-9-12-24-10-8-11-25(20-24)15-19-41(4,5)6/h8,10-11,13-14,20-21H,7,9,12,16-18,22H2,1-6H3. The van der Waals surface area contributed by atoms with Crippen LogP contribution in [0.2, 0.25) is 19.6 Å². The van der Waals surface area contributed by atoms with E-state index in [9.17, 15) is 9.59 Å². The van der Waals surface area contributed by atoms with E-state index in [1.165, 1.54) is 16.9 Å². The molecule has 1 amide bonds. The Morgan fingerprint density at radius 1 is 1.17 bits per heavy atom. The van der Waals surface area contributed by atoms with E-state index in [-0.39, 0.29) is 12.5 Å². The van der Waals surface area contributed by atoms with E-state index < -0.39 is 19.5 Å². The third kappa shape index (κ3) is 7.84. The van der Waals surface area contributed by atoms with Gasteiger partial charge in [0.1, 0.15) is 18.8 Å². The highest BCUT2D eigenvalue weighted by Gasteiger charge is 2.54. The summed E-state index contributed by atoms with van der Waals surface area (Å²) in [6.07, 6.45) is 4.79. The summed E-state index contributed by atoms with van der Waals surface area (Å²) in [7, 11) is 0.144. The van der Waals surface area contributed by atoms with Crippen LogP contribution in [-0.4, -0.2) is 55.1 Å². The quantitative estimate of drug-likeness (QED) is 0.156. The number of pyridine rings is 1. The van der Waals surface area contributed by atoms with Crippen molar-refractivity contribution in [1.29, 1.82) is 0 Å². The number of carbonyl (C=O) groups is 2. The Balaban J connectivity index is 1.53. The monoisotopic (exact) mass is 589 g/mol. The van der Waals surface area contributed by atoms with Gasteiger partial charge in [-0.1, -0.05) is 37.7 Å². The molecule has 0 spiro atoms. The lowest BCUT2D eigenvalue weighted by atomic mass is 9.99. The van der Waals surface area contributed by atoms with Crippen molar-refractivity contribution in [3.05, 3.63) is 75.0 Å². The van der Waals surface area contributed by atoms with Crippen LogP contribution < -0.4 is 4.74 Å². The number of esters is 1. The minimum atomic E-state index is -1.46. The highest BCUT2D eigenvalue weighted by Crippen LogP contribution is 2.49. The molecule has 4 rings (SSSR count). The molecule has 2 heterocycles. The highest BCUT2D eigenvalue weighted by atomic mass is 32.1. The molecule has 9 heteroatoms. The Morgan fingerprint density at radius 3 is 2.59 bits per heavy atom. The number of aryl methyl sites for hydroxylation is 2. The number of amides is 1. The van der Waals surface area contributed by atoms with E-state index in [1.807, 2.05) is 24.0 Å². The maximum absolute atomic E-state index is 14.1. The predicted molar refractivity (Wildman–Crippen MR) is 165 cm³/mol. The first kappa shape index (κ1) is 30.5. The number of ether oxygens (including phenoxy) is 2. The van der Waals surface area contributed by atoms with E-state index in [0.717, 1.165) is 46.8 Å². The Hall–Kier alpha value is -3.48. The van der Waals surface area contributed by atoms with Crippen LogP contribution in [0.5, 0.6) is 5.75 Å². The van der Waals surface area contributed by atoms with Crippen LogP contribution >= 0.6 is 11.3 Å². The summed E-state index contributed by atoms with van der Waals surface area (Å²) < 4.78 is 10.4. The zero-order chi connectivity index (χ0) is 29.6. The Labute approximate surface area is 248 Å². The topological polar surface area (TPSA) is 81.6 Å². The zero-order valence-corrected chi connectivity index (χ0v) is 26.7. The summed E-state index contributed by atoms with van der Waals surface area (Å²) in [5.74, 6) is 3.63. The molecule has 41 heavy (non-hydrogen) atoms. The van der Waals surface area contributed by atoms with Gasteiger partial charge in [0.25, 0.3) is 0 Å². The average molecular weight is 590 g/mol. The SMILES string of the molecule is CCOC(=O)c1nc(CN(CCCc2cccc(C#C[Si](C)(C)C)c2)C(=O)C2(c3ccc(OC)cn3)CC2)sc1C. The lowest BCUT2D eigenvalue weighted by Gasteiger charge is -2.27. The molecule has 7 nitrogen and oxygen atoms in total. The van der Waals surface area contributed by atoms with Crippen molar-refractivity contribution in [3.63, 3.8) is 0 Å². The van der Waals surface area contributed by atoms with Gasteiger partial charge in [0.2, 0.25) is 5.91 Å². The van der Waals surface area contributed by atoms with Gasteiger partial charge in [0.15, 0.2) is 5.69 Å². The molecule has 0 N–H and O–H groups in total. The molecule has 3 aromatic rings. The zero-order valence-electron chi connectivity index (χ0n) is 24.9. The molecular formula is C32H39N3O4SSi. The normalized spacial score (nSPS) is 13.6. The van der Waals surface area contributed by atoms with Crippen molar-refractivity contribution in [3.8, 4) is 17.2 Å². The van der Waals surface area contributed by atoms with Crippen LogP contribution in [-0.2, 0) is 27.9 Å². The maximum atomic E-state index is 14.1. The van der Waals surface area contributed by atoms with E-state index >= 15 is 0 Å². The number of methoxy groups -OCH3 is 1. The summed E-state index contributed by atoms with van der Waals surface area (Å²) in [6, 6.07) is 12.1. The Morgan fingerprint density at radius 2 is 1.95 bits per heavy atom. The summed E-state index contributed by atoms with van der Waals surface area (Å²) in [5.41, 5.74) is 6.13. The van der Waals surface area contributed by atoms with Crippen LogP contribution in [0.4, 0.5) is 0 Å². The molecule has 0 bridgehead atoms. The largest absolute Gasteiger partial charge is 0.495 e. The third-order valence-corrected chi connectivity index (χ3v) is 8.78. The molecule has 0 aliphatic heterocycles. The van der Waals surface area contributed by atoms with Gasteiger partial charge in [-0.15, -0.1) is 16.9 Å². The average Bonchev–Trinajstić information content (AvgIpc) is 3.67. The summed E-state index contributed by atoms with van der Waals surface area (Å²) in [4.78, 5) is 38.3. The van der Waals surface area contributed by atoms with Crippen LogP contribution in [0.25, 0.3) is 0 Å². The molecule has 1 aliphatic rings. The molecule has 0 atom stereocenters. The van der Waals surface area contributed by atoms with Crippen molar-refractivity contribution in [2.24, 2.45) is 0 Å². The number of benzene rings is 1. The lowest BCUT2D eigenvalue weighted by molar-refractivity contribution is -0.134. The molecule has 0 saturated heterocycles. The summed E-state index contributed by atoms with van der Waals surface area (Å²) >= 11 is 1.44. The lowest BCUT2D eigenvalue weighted by Crippen LogP contribution is -2.40. The van der Waals surface area contributed by atoms with Gasteiger partial charge < -0.3 is 14.4 Å². The Bertz CT molecular complexity index is 1450. The fourth-order valence-corrected chi connectivity index (χ4v) is 6.11. The molecule has 0 unspecified atom stereocenters. The number of hydrogen-bond acceptors (Lipinski definition) is 7. The number of aromatic nitrogens is 2. The maximum Gasteiger partial charge on any atom is 0.358 e. The van der Waals surface area contributed by atoms with E-state index in [2.05, 4.69) is 65.3 Å². The number of thiazole rings is 1. The Kier molecular flexibility index (Phi) is 9.67. The van der Waals surface area contributed by atoms with E-state index in [1.54, 1.807) is 20.2 Å². The van der Waals surface area contributed by atoms with Gasteiger partial charge in [-0.25, -0.2) is 9.78 Å². The van der Waals surface area contributed by atoms with Crippen molar-refractivity contribution in [2.75, 3.05) is 20.3 Å². The highest BCUT2D eigenvalue weighted by molar-refractivity contribution is 7.11. The minimum absolute atomic E-state index is 0.0513. The van der Waals surface area contributed by atoms with Crippen molar-refractivity contribution in [2.45, 2.75) is 71.1 Å². The smallest absolute Gasteiger partial charge is 0.358 e. The molecule has 2 aromatic heterocycles. The first-order chi connectivity index (χ1) is 19.5.